The van der Waals surface area contributed by atoms with Crippen LogP contribution in [0.25, 0.3) is 10.9 Å². The van der Waals surface area contributed by atoms with Crippen LogP contribution >= 0.6 is 0 Å². The topological polar surface area (TPSA) is 119 Å². The van der Waals surface area contributed by atoms with Crippen molar-refractivity contribution in [2.45, 2.75) is 12.0 Å². The minimum absolute atomic E-state index is 0.156. The molecule has 1 aromatic heterocycles. The second kappa shape index (κ2) is 8.41. The zero-order valence-electron chi connectivity index (χ0n) is 18.5. The number of aromatic amines is 1. The minimum Gasteiger partial charge on any atom is -0.369 e. The van der Waals surface area contributed by atoms with Crippen LogP contribution in [0.15, 0.2) is 42.5 Å². The van der Waals surface area contributed by atoms with Crippen molar-refractivity contribution in [2.75, 3.05) is 33.0 Å². The number of hydrogen-bond donors (Lipinski definition) is 3. The number of aliphatic hydroxyl groups is 1. The van der Waals surface area contributed by atoms with E-state index in [1.807, 2.05) is 0 Å². The highest BCUT2D eigenvalue weighted by Crippen LogP contribution is 2.22. The van der Waals surface area contributed by atoms with Crippen molar-refractivity contribution < 1.29 is 19.5 Å². The van der Waals surface area contributed by atoms with Crippen LogP contribution in [0.3, 0.4) is 0 Å². The standard InChI is InChI=1S/C24H23N5O4/c1-28(2)22(31)16-7-8-19-18(14-16)20(27-26-19)21(30)25-17-6-4-5-15(13-17)9-10-24(33)11-12-29(3)23(24)32/h4-8,13-14,33H,11-12H2,1-3H3,(H,25,30)(H,26,27)/t24-/m0/s1. The summed E-state index contributed by atoms with van der Waals surface area (Å²) in [5.41, 5.74) is 0.562. The Morgan fingerprint density at radius 2 is 2.03 bits per heavy atom. The van der Waals surface area contributed by atoms with Crippen molar-refractivity contribution >= 4 is 34.3 Å². The van der Waals surface area contributed by atoms with Crippen LogP contribution in [-0.4, -0.2) is 76.1 Å². The third-order valence-corrected chi connectivity index (χ3v) is 5.47. The van der Waals surface area contributed by atoms with Gasteiger partial charge in [0.15, 0.2) is 5.69 Å². The molecule has 0 saturated carbocycles. The van der Waals surface area contributed by atoms with E-state index in [2.05, 4.69) is 27.4 Å². The second-order valence-corrected chi connectivity index (χ2v) is 8.15. The lowest BCUT2D eigenvalue weighted by Gasteiger charge is -2.13. The quantitative estimate of drug-likeness (QED) is 0.528. The van der Waals surface area contributed by atoms with E-state index in [9.17, 15) is 19.5 Å². The van der Waals surface area contributed by atoms with Gasteiger partial charge >= 0.3 is 0 Å². The summed E-state index contributed by atoms with van der Waals surface area (Å²) < 4.78 is 0. The number of anilines is 1. The third kappa shape index (κ3) is 4.29. The molecule has 2 aromatic carbocycles. The molecule has 3 aromatic rings. The number of amides is 3. The number of likely N-dealkylation sites (tertiary alicyclic amines) is 1. The molecule has 3 N–H and O–H groups in total. The van der Waals surface area contributed by atoms with Crippen LogP contribution in [0.5, 0.6) is 0 Å². The van der Waals surface area contributed by atoms with Crippen LogP contribution in [0, 0.1) is 11.8 Å². The molecule has 0 bridgehead atoms. The number of rotatable bonds is 3. The maximum Gasteiger partial charge on any atom is 0.276 e. The molecular weight excluding hydrogens is 422 g/mol. The maximum absolute atomic E-state index is 12.9. The molecule has 0 spiro atoms. The molecule has 1 aliphatic rings. The zero-order chi connectivity index (χ0) is 23.8. The summed E-state index contributed by atoms with van der Waals surface area (Å²) in [4.78, 5) is 40.2. The normalized spacial score (nSPS) is 17.6. The summed E-state index contributed by atoms with van der Waals surface area (Å²) >= 11 is 0. The molecule has 168 valence electrons. The van der Waals surface area contributed by atoms with Gasteiger partial charge in [0, 0.05) is 56.3 Å². The fourth-order valence-corrected chi connectivity index (χ4v) is 3.59. The highest BCUT2D eigenvalue weighted by atomic mass is 16.3. The van der Waals surface area contributed by atoms with E-state index in [1.54, 1.807) is 63.6 Å². The lowest BCUT2D eigenvalue weighted by molar-refractivity contribution is -0.137. The Morgan fingerprint density at radius 3 is 2.73 bits per heavy atom. The number of fused-ring (bicyclic) bond motifs is 1. The average molecular weight is 445 g/mol. The van der Waals surface area contributed by atoms with Gasteiger partial charge in [0.25, 0.3) is 17.7 Å². The maximum atomic E-state index is 12.9. The molecule has 4 rings (SSSR count). The van der Waals surface area contributed by atoms with E-state index in [4.69, 9.17) is 0 Å². The number of carbonyl (C=O) groups is 3. The van der Waals surface area contributed by atoms with Crippen molar-refractivity contribution in [3.8, 4) is 11.8 Å². The summed E-state index contributed by atoms with van der Waals surface area (Å²) in [5.74, 6) is 4.44. The Labute approximate surface area is 190 Å². The van der Waals surface area contributed by atoms with E-state index in [1.165, 1.54) is 9.80 Å². The number of aromatic nitrogens is 2. The predicted octanol–water partition coefficient (Wildman–Crippen LogP) is 1.46. The van der Waals surface area contributed by atoms with Gasteiger partial charge in [0.05, 0.1) is 5.52 Å². The Kier molecular flexibility index (Phi) is 5.62. The van der Waals surface area contributed by atoms with Crippen molar-refractivity contribution in [1.82, 2.24) is 20.0 Å². The van der Waals surface area contributed by atoms with Gasteiger partial charge in [-0.15, -0.1) is 0 Å². The fourth-order valence-electron chi connectivity index (χ4n) is 3.59. The van der Waals surface area contributed by atoms with Gasteiger partial charge in [0.1, 0.15) is 0 Å². The van der Waals surface area contributed by atoms with Gasteiger partial charge in [0.2, 0.25) is 5.60 Å². The zero-order valence-corrected chi connectivity index (χ0v) is 18.5. The van der Waals surface area contributed by atoms with Gasteiger partial charge in [-0.25, -0.2) is 0 Å². The number of carbonyl (C=O) groups excluding carboxylic acids is 3. The third-order valence-electron chi connectivity index (χ3n) is 5.47. The molecule has 9 heteroatoms. The lowest BCUT2D eigenvalue weighted by Crippen LogP contribution is -2.37. The Hall–Kier alpha value is -4.16. The first kappa shape index (κ1) is 22.0. The number of nitrogens with one attached hydrogen (secondary N) is 2. The molecule has 3 amide bonds. The lowest BCUT2D eigenvalue weighted by atomic mass is 10.0. The summed E-state index contributed by atoms with van der Waals surface area (Å²) in [5, 5.41) is 20.7. The van der Waals surface area contributed by atoms with Crippen LogP contribution in [0.4, 0.5) is 5.69 Å². The molecule has 1 saturated heterocycles. The molecule has 33 heavy (non-hydrogen) atoms. The summed E-state index contributed by atoms with van der Waals surface area (Å²) in [6, 6.07) is 11.8. The molecule has 0 unspecified atom stereocenters. The Bertz CT molecular complexity index is 1330. The van der Waals surface area contributed by atoms with E-state index in [0.29, 0.717) is 34.3 Å². The Balaban J connectivity index is 1.56. The van der Waals surface area contributed by atoms with E-state index < -0.39 is 17.4 Å². The molecule has 9 nitrogen and oxygen atoms in total. The van der Waals surface area contributed by atoms with Crippen LogP contribution < -0.4 is 5.32 Å². The first-order valence-corrected chi connectivity index (χ1v) is 10.3. The molecule has 1 atom stereocenters. The van der Waals surface area contributed by atoms with Gasteiger partial charge in [-0.3, -0.25) is 19.5 Å². The van der Waals surface area contributed by atoms with Gasteiger partial charge in [-0.1, -0.05) is 17.9 Å². The molecule has 1 aliphatic heterocycles. The molecule has 0 radical (unpaired) electrons. The predicted molar refractivity (Wildman–Crippen MR) is 123 cm³/mol. The number of likely N-dealkylation sites (N-methyl/N-ethyl adjacent to an activating group) is 1. The minimum atomic E-state index is -1.69. The highest BCUT2D eigenvalue weighted by Gasteiger charge is 2.42. The summed E-state index contributed by atoms with van der Waals surface area (Å²) in [6.07, 6.45) is 0.246. The van der Waals surface area contributed by atoms with Crippen molar-refractivity contribution in [3.05, 3.63) is 59.3 Å². The fraction of sp³-hybridized carbons (Fsp3) is 0.250. The van der Waals surface area contributed by atoms with Gasteiger partial charge in [-0.2, -0.15) is 5.10 Å². The van der Waals surface area contributed by atoms with E-state index in [-0.39, 0.29) is 18.0 Å². The molecule has 0 aliphatic carbocycles. The van der Waals surface area contributed by atoms with Gasteiger partial charge < -0.3 is 20.2 Å². The molecule has 1 fully saturated rings. The monoisotopic (exact) mass is 445 g/mol. The summed E-state index contributed by atoms with van der Waals surface area (Å²) in [6.45, 7) is 0.444. The highest BCUT2D eigenvalue weighted by molar-refractivity contribution is 6.12. The first-order valence-electron chi connectivity index (χ1n) is 10.3. The number of H-pyrrole nitrogens is 1. The van der Waals surface area contributed by atoms with Crippen LogP contribution in [-0.2, 0) is 4.79 Å². The van der Waals surface area contributed by atoms with Crippen molar-refractivity contribution in [1.29, 1.82) is 0 Å². The van der Waals surface area contributed by atoms with Crippen LogP contribution in [0.1, 0.15) is 32.8 Å². The van der Waals surface area contributed by atoms with Crippen molar-refractivity contribution in [2.24, 2.45) is 0 Å². The smallest absolute Gasteiger partial charge is 0.276 e. The molecule has 2 heterocycles. The number of nitrogens with zero attached hydrogens (tertiary/aromatic N) is 3. The number of hydrogen-bond acceptors (Lipinski definition) is 5. The average Bonchev–Trinajstić information content (AvgIpc) is 3.34. The van der Waals surface area contributed by atoms with Gasteiger partial charge in [-0.05, 0) is 36.4 Å². The number of benzene rings is 2. The SMILES string of the molecule is CN(C)C(=O)c1ccc2[nH]nc(C(=O)Nc3cccc(C#C[C@]4(O)CCN(C)C4=O)c3)c2c1. The molecular formula is C24H23N5O4. The summed E-state index contributed by atoms with van der Waals surface area (Å²) in [7, 11) is 4.94. The van der Waals surface area contributed by atoms with Crippen LogP contribution in [0.2, 0.25) is 0 Å². The first-order chi connectivity index (χ1) is 15.7. The largest absolute Gasteiger partial charge is 0.369 e. The van der Waals surface area contributed by atoms with Crippen molar-refractivity contribution in [3.63, 3.8) is 0 Å². The van der Waals surface area contributed by atoms with E-state index in [0.717, 1.165) is 0 Å². The second-order valence-electron chi connectivity index (χ2n) is 8.15. The van der Waals surface area contributed by atoms with E-state index >= 15 is 0 Å². The Morgan fingerprint density at radius 1 is 1.24 bits per heavy atom.